The standard InChI is InChI=1S/C11H19BN2O2/c1-7-14-9(8-13-6)12-15-10(2,3)11(4,5)16-12/h7-8H,6H2,1-5H3/b9-8-,14-7?. The van der Waals surface area contributed by atoms with Gasteiger partial charge in [0.2, 0.25) is 0 Å². The van der Waals surface area contributed by atoms with Gasteiger partial charge in [-0.05, 0) is 41.3 Å². The zero-order valence-corrected chi connectivity index (χ0v) is 10.7. The minimum Gasteiger partial charge on any atom is -0.398 e. The van der Waals surface area contributed by atoms with Crippen LogP contribution in [0.5, 0.6) is 0 Å². The van der Waals surface area contributed by atoms with E-state index in [0.29, 0.717) is 5.60 Å². The molecular weight excluding hydrogens is 203 g/mol. The van der Waals surface area contributed by atoms with Gasteiger partial charge in [0.1, 0.15) is 0 Å². The average molecular weight is 222 g/mol. The Bertz CT molecular complexity index is 319. The Morgan fingerprint density at radius 3 is 2.06 bits per heavy atom. The molecule has 1 saturated heterocycles. The first-order chi connectivity index (χ1) is 7.34. The molecule has 0 N–H and O–H groups in total. The van der Waals surface area contributed by atoms with Crippen LogP contribution >= 0.6 is 0 Å². The van der Waals surface area contributed by atoms with Crippen LogP contribution in [0.2, 0.25) is 0 Å². The molecule has 0 radical (unpaired) electrons. The molecule has 4 nitrogen and oxygen atoms in total. The molecule has 16 heavy (non-hydrogen) atoms. The Morgan fingerprint density at radius 1 is 1.19 bits per heavy atom. The van der Waals surface area contributed by atoms with Crippen molar-refractivity contribution in [2.45, 2.75) is 45.8 Å². The van der Waals surface area contributed by atoms with Crippen molar-refractivity contribution in [3.05, 3.63) is 11.8 Å². The molecule has 1 heterocycles. The molecule has 0 aromatic rings. The molecule has 0 aromatic heterocycles. The fourth-order valence-corrected chi connectivity index (χ4v) is 1.36. The fourth-order valence-electron chi connectivity index (χ4n) is 1.36. The molecule has 0 aliphatic carbocycles. The normalized spacial score (nSPS) is 24.1. The third-order valence-electron chi connectivity index (χ3n) is 3.00. The number of aliphatic imine (C=N–C) groups is 2. The number of nitrogens with zero attached hydrogens (tertiary/aromatic N) is 2. The molecule has 1 aliphatic heterocycles. The van der Waals surface area contributed by atoms with Crippen molar-refractivity contribution in [3.8, 4) is 0 Å². The zero-order chi connectivity index (χ0) is 12.4. The summed E-state index contributed by atoms with van der Waals surface area (Å²) in [5.41, 5.74) is -0.0845. The molecule has 5 heteroatoms. The highest BCUT2D eigenvalue weighted by atomic mass is 16.7. The lowest BCUT2D eigenvalue weighted by molar-refractivity contribution is 0.00578. The number of rotatable bonds is 3. The summed E-state index contributed by atoms with van der Waals surface area (Å²) in [6.07, 6.45) is 3.24. The lowest BCUT2D eigenvalue weighted by Gasteiger charge is -2.32. The largest absolute Gasteiger partial charge is 0.516 e. The van der Waals surface area contributed by atoms with E-state index in [-0.39, 0.29) is 11.2 Å². The van der Waals surface area contributed by atoms with Gasteiger partial charge in [0.05, 0.1) is 16.8 Å². The minimum atomic E-state index is -0.480. The van der Waals surface area contributed by atoms with Crippen LogP contribution in [0, 0.1) is 0 Å². The minimum absolute atomic E-state index is 0.360. The van der Waals surface area contributed by atoms with Crippen LogP contribution in [-0.2, 0) is 9.31 Å². The molecule has 0 amide bonds. The van der Waals surface area contributed by atoms with E-state index in [9.17, 15) is 0 Å². The van der Waals surface area contributed by atoms with E-state index in [1.54, 1.807) is 12.4 Å². The van der Waals surface area contributed by atoms with Crippen molar-refractivity contribution in [2.75, 3.05) is 0 Å². The quantitative estimate of drug-likeness (QED) is 0.542. The summed E-state index contributed by atoms with van der Waals surface area (Å²) in [5, 5.41) is 0. The van der Waals surface area contributed by atoms with Crippen molar-refractivity contribution in [3.63, 3.8) is 0 Å². The summed E-state index contributed by atoms with van der Waals surface area (Å²) in [6, 6.07) is 0. The van der Waals surface area contributed by atoms with Crippen molar-refractivity contribution in [1.29, 1.82) is 0 Å². The maximum Gasteiger partial charge on any atom is 0.516 e. The lowest BCUT2D eigenvalue weighted by Crippen LogP contribution is -2.41. The van der Waals surface area contributed by atoms with Crippen molar-refractivity contribution < 1.29 is 9.31 Å². The van der Waals surface area contributed by atoms with Crippen LogP contribution in [0.25, 0.3) is 0 Å². The van der Waals surface area contributed by atoms with Gasteiger partial charge in [0, 0.05) is 12.4 Å². The van der Waals surface area contributed by atoms with Crippen LogP contribution in [0.1, 0.15) is 34.6 Å². The van der Waals surface area contributed by atoms with E-state index >= 15 is 0 Å². The first-order valence-electron chi connectivity index (χ1n) is 5.34. The first kappa shape index (κ1) is 13.1. The SMILES string of the molecule is C=N/C=C(\N=CC)B1OC(C)(C)C(C)(C)O1. The summed E-state index contributed by atoms with van der Waals surface area (Å²) in [7, 11) is -0.480. The predicted octanol–water partition coefficient (Wildman–Crippen LogP) is 2.25. The van der Waals surface area contributed by atoms with E-state index in [2.05, 4.69) is 16.7 Å². The number of hydrogen-bond donors (Lipinski definition) is 0. The molecule has 0 spiro atoms. The van der Waals surface area contributed by atoms with Gasteiger partial charge in [-0.1, -0.05) is 0 Å². The highest BCUT2D eigenvalue weighted by molar-refractivity contribution is 6.54. The maximum atomic E-state index is 5.84. The summed E-state index contributed by atoms with van der Waals surface area (Å²) in [4.78, 5) is 7.89. The Kier molecular flexibility index (Phi) is 3.70. The molecule has 0 atom stereocenters. The van der Waals surface area contributed by atoms with Gasteiger partial charge in [-0.3, -0.25) is 9.98 Å². The third kappa shape index (κ3) is 2.41. The second-order valence-electron chi connectivity index (χ2n) is 4.71. The molecular formula is C11H19BN2O2. The van der Waals surface area contributed by atoms with Crippen LogP contribution < -0.4 is 0 Å². The topological polar surface area (TPSA) is 43.2 Å². The molecule has 0 unspecified atom stereocenters. The highest BCUT2D eigenvalue weighted by Crippen LogP contribution is 2.38. The second-order valence-corrected chi connectivity index (χ2v) is 4.71. The van der Waals surface area contributed by atoms with Crippen LogP contribution in [0.15, 0.2) is 21.8 Å². The highest BCUT2D eigenvalue weighted by Gasteiger charge is 2.52. The molecule has 0 bridgehead atoms. The fraction of sp³-hybridized carbons (Fsp3) is 0.636. The second kappa shape index (κ2) is 4.51. The summed E-state index contributed by atoms with van der Waals surface area (Å²) in [6.45, 7) is 13.3. The summed E-state index contributed by atoms with van der Waals surface area (Å²) in [5.74, 6) is 0. The monoisotopic (exact) mass is 222 g/mol. The molecule has 0 aromatic carbocycles. The predicted molar refractivity (Wildman–Crippen MR) is 67.9 cm³/mol. The van der Waals surface area contributed by atoms with Crippen molar-refractivity contribution in [1.82, 2.24) is 0 Å². The Balaban J connectivity index is 2.93. The van der Waals surface area contributed by atoms with E-state index in [1.807, 2.05) is 34.6 Å². The van der Waals surface area contributed by atoms with Gasteiger partial charge < -0.3 is 9.31 Å². The molecule has 1 rings (SSSR count). The van der Waals surface area contributed by atoms with Gasteiger partial charge in [0.15, 0.2) is 0 Å². The van der Waals surface area contributed by atoms with Crippen molar-refractivity contribution in [2.24, 2.45) is 9.98 Å². The van der Waals surface area contributed by atoms with Crippen LogP contribution in [-0.4, -0.2) is 31.3 Å². The van der Waals surface area contributed by atoms with Crippen molar-refractivity contribution >= 4 is 20.1 Å². The van der Waals surface area contributed by atoms with Crippen LogP contribution in [0.3, 0.4) is 0 Å². The molecule has 1 aliphatic rings. The third-order valence-corrected chi connectivity index (χ3v) is 3.00. The van der Waals surface area contributed by atoms with Gasteiger partial charge >= 0.3 is 7.12 Å². The molecule has 0 saturated carbocycles. The van der Waals surface area contributed by atoms with E-state index in [4.69, 9.17) is 9.31 Å². The smallest absolute Gasteiger partial charge is 0.398 e. The Hall–Kier alpha value is -0.935. The first-order valence-corrected chi connectivity index (χ1v) is 5.34. The Morgan fingerprint density at radius 2 is 1.69 bits per heavy atom. The summed E-state index contributed by atoms with van der Waals surface area (Å²) >= 11 is 0. The van der Waals surface area contributed by atoms with E-state index in [1.165, 1.54) is 0 Å². The molecule has 1 fully saturated rings. The van der Waals surface area contributed by atoms with Gasteiger partial charge in [0.25, 0.3) is 0 Å². The van der Waals surface area contributed by atoms with E-state index < -0.39 is 7.12 Å². The summed E-state index contributed by atoms with van der Waals surface area (Å²) < 4.78 is 11.7. The zero-order valence-electron chi connectivity index (χ0n) is 10.7. The van der Waals surface area contributed by atoms with Gasteiger partial charge in [-0.15, -0.1) is 0 Å². The number of hydrogen-bond acceptors (Lipinski definition) is 4. The van der Waals surface area contributed by atoms with Gasteiger partial charge in [-0.25, -0.2) is 0 Å². The Labute approximate surface area is 97.6 Å². The molecule has 88 valence electrons. The van der Waals surface area contributed by atoms with Gasteiger partial charge in [-0.2, -0.15) is 0 Å². The van der Waals surface area contributed by atoms with E-state index in [0.717, 1.165) is 0 Å². The van der Waals surface area contributed by atoms with Crippen LogP contribution in [0.4, 0.5) is 0 Å². The average Bonchev–Trinajstić information content (AvgIpc) is 2.36. The maximum absolute atomic E-state index is 5.84. The lowest BCUT2D eigenvalue weighted by atomic mass is 9.85.